The Hall–Kier alpha value is -0.830. The van der Waals surface area contributed by atoms with Crippen LogP contribution in [0, 0.1) is 0 Å². The second-order valence-corrected chi connectivity index (χ2v) is 4.01. The summed E-state index contributed by atoms with van der Waals surface area (Å²) in [5.41, 5.74) is 3.22. The van der Waals surface area contributed by atoms with Gasteiger partial charge in [0.15, 0.2) is 0 Å². The van der Waals surface area contributed by atoms with Crippen molar-refractivity contribution in [2.24, 2.45) is 0 Å². The average Bonchev–Trinajstić information content (AvgIpc) is 2.47. The summed E-state index contributed by atoms with van der Waals surface area (Å²) < 4.78 is 0. The summed E-state index contributed by atoms with van der Waals surface area (Å²) in [6.45, 7) is 2.13. The molecule has 0 unspecified atom stereocenters. The zero-order valence-corrected chi connectivity index (χ0v) is 7.06. The summed E-state index contributed by atoms with van der Waals surface area (Å²) in [4.78, 5) is 0. The number of H-pyrrole nitrogens is 1. The van der Waals surface area contributed by atoms with Gasteiger partial charge in [-0.25, -0.2) is 0 Å². The van der Waals surface area contributed by atoms with Crippen molar-refractivity contribution in [2.45, 2.75) is 31.2 Å². The molecule has 1 saturated carbocycles. The molecule has 1 aromatic rings. The molecule has 64 valence electrons. The standard InChI is InChI=1S/C9H13N3/c1-2-9(3-1)6-10-4-7-5-11-12-8(7)9/h5,10H,1-4,6H2,(H,11,12). The smallest absolute Gasteiger partial charge is 0.0535 e. The lowest BCUT2D eigenvalue weighted by atomic mass is 9.64. The van der Waals surface area contributed by atoms with Crippen molar-refractivity contribution >= 4 is 0 Å². The minimum atomic E-state index is 0.435. The van der Waals surface area contributed by atoms with Crippen LogP contribution in [0.4, 0.5) is 0 Å². The number of hydrogen-bond donors (Lipinski definition) is 2. The summed E-state index contributed by atoms with van der Waals surface area (Å²) in [6, 6.07) is 0. The predicted molar refractivity (Wildman–Crippen MR) is 45.8 cm³/mol. The highest BCUT2D eigenvalue weighted by Gasteiger charge is 2.42. The van der Waals surface area contributed by atoms with Gasteiger partial charge >= 0.3 is 0 Å². The number of hydrogen-bond acceptors (Lipinski definition) is 2. The van der Waals surface area contributed by atoms with E-state index in [9.17, 15) is 0 Å². The van der Waals surface area contributed by atoms with Gasteiger partial charge in [0.1, 0.15) is 0 Å². The van der Waals surface area contributed by atoms with Gasteiger partial charge in [-0.1, -0.05) is 6.42 Å². The molecule has 0 bridgehead atoms. The summed E-state index contributed by atoms with van der Waals surface area (Å²) in [5, 5.41) is 10.7. The van der Waals surface area contributed by atoms with E-state index in [-0.39, 0.29) is 0 Å². The molecule has 2 N–H and O–H groups in total. The number of fused-ring (bicyclic) bond motifs is 2. The maximum absolute atomic E-state index is 4.12. The van der Waals surface area contributed by atoms with Crippen LogP contribution in [0.1, 0.15) is 30.5 Å². The summed E-state index contributed by atoms with van der Waals surface area (Å²) in [6.07, 6.45) is 5.99. The molecule has 2 aliphatic rings. The number of nitrogens with one attached hydrogen (secondary N) is 2. The topological polar surface area (TPSA) is 40.7 Å². The monoisotopic (exact) mass is 163 g/mol. The van der Waals surface area contributed by atoms with E-state index in [4.69, 9.17) is 0 Å². The van der Waals surface area contributed by atoms with Crippen molar-refractivity contribution in [1.82, 2.24) is 15.5 Å². The Morgan fingerprint density at radius 2 is 2.33 bits per heavy atom. The van der Waals surface area contributed by atoms with Crippen molar-refractivity contribution in [3.8, 4) is 0 Å². The maximum Gasteiger partial charge on any atom is 0.0535 e. The largest absolute Gasteiger partial charge is 0.312 e. The molecule has 3 rings (SSSR count). The van der Waals surface area contributed by atoms with Gasteiger partial charge in [0.2, 0.25) is 0 Å². The van der Waals surface area contributed by atoms with E-state index in [1.165, 1.54) is 30.5 Å². The second-order valence-electron chi connectivity index (χ2n) is 4.01. The van der Waals surface area contributed by atoms with E-state index in [2.05, 4.69) is 15.5 Å². The lowest BCUT2D eigenvalue weighted by Gasteiger charge is -2.44. The molecule has 1 aliphatic heterocycles. The number of aromatic amines is 1. The van der Waals surface area contributed by atoms with Crippen molar-refractivity contribution in [1.29, 1.82) is 0 Å². The Labute approximate surface area is 71.6 Å². The Kier molecular flexibility index (Phi) is 1.17. The van der Waals surface area contributed by atoms with E-state index >= 15 is 0 Å². The van der Waals surface area contributed by atoms with Gasteiger partial charge in [0.05, 0.1) is 6.20 Å². The molecule has 3 heteroatoms. The van der Waals surface area contributed by atoms with Crippen LogP contribution in [0.5, 0.6) is 0 Å². The Balaban J connectivity index is 2.09. The first-order valence-corrected chi connectivity index (χ1v) is 4.64. The zero-order valence-electron chi connectivity index (χ0n) is 7.06. The van der Waals surface area contributed by atoms with Crippen LogP contribution in [0.15, 0.2) is 6.20 Å². The quantitative estimate of drug-likeness (QED) is 0.597. The minimum Gasteiger partial charge on any atom is -0.312 e. The van der Waals surface area contributed by atoms with Crippen LogP contribution in [0.2, 0.25) is 0 Å². The molecule has 12 heavy (non-hydrogen) atoms. The van der Waals surface area contributed by atoms with E-state index < -0.39 is 0 Å². The fraction of sp³-hybridized carbons (Fsp3) is 0.667. The molecule has 1 aliphatic carbocycles. The van der Waals surface area contributed by atoms with Gasteiger partial charge < -0.3 is 5.32 Å². The van der Waals surface area contributed by atoms with Gasteiger partial charge in [0, 0.05) is 29.8 Å². The van der Waals surface area contributed by atoms with Crippen LogP contribution >= 0.6 is 0 Å². The van der Waals surface area contributed by atoms with Crippen LogP contribution < -0.4 is 5.32 Å². The highest BCUT2D eigenvalue weighted by Crippen LogP contribution is 2.44. The summed E-state index contributed by atoms with van der Waals surface area (Å²) in [7, 11) is 0. The third-order valence-corrected chi connectivity index (χ3v) is 3.34. The fourth-order valence-electron chi connectivity index (χ4n) is 2.46. The number of rotatable bonds is 0. The molecular weight excluding hydrogens is 150 g/mol. The molecule has 0 aromatic carbocycles. The maximum atomic E-state index is 4.12. The number of nitrogens with zero attached hydrogens (tertiary/aromatic N) is 1. The van der Waals surface area contributed by atoms with Gasteiger partial charge in [0.25, 0.3) is 0 Å². The molecule has 1 fully saturated rings. The Morgan fingerprint density at radius 1 is 1.42 bits per heavy atom. The van der Waals surface area contributed by atoms with Gasteiger partial charge in [-0.2, -0.15) is 5.10 Å². The predicted octanol–water partition coefficient (Wildman–Crippen LogP) is 0.935. The lowest BCUT2D eigenvalue weighted by molar-refractivity contribution is 0.213. The van der Waals surface area contributed by atoms with Gasteiger partial charge in [-0.3, -0.25) is 5.10 Å². The first kappa shape index (κ1) is 6.66. The van der Waals surface area contributed by atoms with Crippen molar-refractivity contribution in [3.63, 3.8) is 0 Å². The van der Waals surface area contributed by atoms with E-state index in [1.54, 1.807) is 0 Å². The van der Waals surface area contributed by atoms with Crippen LogP contribution in [-0.4, -0.2) is 16.7 Å². The van der Waals surface area contributed by atoms with Crippen molar-refractivity contribution < 1.29 is 0 Å². The number of aromatic nitrogens is 2. The Morgan fingerprint density at radius 3 is 3.08 bits per heavy atom. The molecule has 0 amide bonds. The molecule has 2 heterocycles. The normalized spacial score (nSPS) is 25.0. The van der Waals surface area contributed by atoms with E-state index in [0.29, 0.717) is 5.41 Å². The lowest BCUT2D eigenvalue weighted by Crippen LogP contribution is -2.47. The highest BCUT2D eigenvalue weighted by atomic mass is 15.1. The molecule has 1 spiro atoms. The van der Waals surface area contributed by atoms with Crippen molar-refractivity contribution in [3.05, 3.63) is 17.5 Å². The minimum absolute atomic E-state index is 0.435. The molecular formula is C9H13N3. The average molecular weight is 163 g/mol. The van der Waals surface area contributed by atoms with E-state index in [1.807, 2.05) is 6.20 Å². The molecule has 0 radical (unpaired) electrons. The van der Waals surface area contributed by atoms with Gasteiger partial charge in [-0.15, -0.1) is 0 Å². The second kappa shape index (κ2) is 2.10. The summed E-state index contributed by atoms with van der Waals surface area (Å²) in [5.74, 6) is 0. The SMILES string of the molecule is c1n[nH]c2c1CNCC21CCC1. The first-order chi connectivity index (χ1) is 5.91. The van der Waals surface area contributed by atoms with Crippen molar-refractivity contribution in [2.75, 3.05) is 6.54 Å². The zero-order chi connectivity index (χ0) is 8.02. The summed E-state index contributed by atoms with van der Waals surface area (Å²) >= 11 is 0. The van der Waals surface area contributed by atoms with Crippen LogP contribution in [-0.2, 0) is 12.0 Å². The molecule has 3 nitrogen and oxygen atoms in total. The third kappa shape index (κ3) is 0.672. The van der Waals surface area contributed by atoms with Crippen LogP contribution in [0.3, 0.4) is 0 Å². The first-order valence-electron chi connectivity index (χ1n) is 4.64. The fourth-order valence-corrected chi connectivity index (χ4v) is 2.46. The highest BCUT2D eigenvalue weighted by molar-refractivity contribution is 5.31. The van der Waals surface area contributed by atoms with Gasteiger partial charge in [-0.05, 0) is 12.8 Å². The van der Waals surface area contributed by atoms with Crippen LogP contribution in [0.25, 0.3) is 0 Å². The van der Waals surface area contributed by atoms with E-state index in [0.717, 1.165) is 13.1 Å². The molecule has 1 aromatic heterocycles. The molecule has 0 saturated heterocycles. The molecule has 0 atom stereocenters. The Bertz CT molecular complexity index is 298. The third-order valence-electron chi connectivity index (χ3n) is 3.34.